The molecule has 0 bridgehead atoms. The summed E-state index contributed by atoms with van der Waals surface area (Å²) in [5.41, 5.74) is 7.06. The fourth-order valence-corrected chi connectivity index (χ4v) is 6.73. The zero-order valence-corrected chi connectivity index (χ0v) is 25.3. The molecule has 0 radical (unpaired) electrons. The van der Waals surface area contributed by atoms with Gasteiger partial charge in [0, 0.05) is 47.3 Å². The standard InChI is InChI=1S/C35H32ClN3O2S/c1-24-7-3-4-8-28(24)23-39-30-9-5-6-10-32(30)42-33(35(39)41)21-26-12-14-27(15-13-26)34(40)38-19-17-37(18-20-38)31-22-29(36)16-11-25(31)2/h3-16,21-22H,17-20,23H2,1-2H3. The van der Waals surface area contributed by atoms with Crippen molar-refractivity contribution in [3.63, 3.8) is 0 Å². The Bertz CT molecular complexity index is 1680. The summed E-state index contributed by atoms with van der Waals surface area (Å²) in [6.07, 6.45) is 1.92. The molecule has 2 heterocycles. The minimum absolute atomic E-state index is 0.0186. The number of piperazine rings is 1. The third-order valence-corrected chi connectivity index (χ3v) is 9.27. The van der Waals surface area contributed by atoms with Gasteiger partial charge in [0.05, 0.1) is 17.1 Å². The van der Waals surface area contributed by atoms with Crippen LogP contribution in [0.2, 0.25) is 5.02 Å². The van der Waals surface area contributed by atoms with Crippen LogP contribution < -0.4 is 9.80 Å². The van der Waals surface area contributed by atoms with Crippen LogP contribution in [-0.2, 0) is 11.3 Å². The van der Waals surface area contributed by atoms with Crippen molar-refractivity contribution < 1.29 is 9.59 Å². The van der Waals surface area contributed by atoms with Gasteiger partial charge < -0.3 is 14.7 Å². The van der Waals surface area contributed by atoms with Gasteiger partial charge in [-0.05, 0) is 78.6 Å². The maximum absolute atomic E-state index is 13.7. The van der Waals surface area contributed by atoms with Crippen molar-refractivity contribution in [3.8, 4) is 0 Å². The van der Waals surface area contributed by atoms with Crippen LogP contribution in [0.25, 0.3) is 6.08 Å². The first-order valence-corrected chi connectivity index (χ1v) is 15.3. The van der Waals surface area contributed by atoms with Crippen LogP contribution in [0.5, 0.6) is 0 Å². The number of halogens is 1. The number of benzene rings is 4. The number of fused-ring (bicyclic) bond motifs is 1. The van der Waals surface area contributed by atoms with E-state index in [1.807, 2.05) is 88.7 Å². The summed E-state index contributed by atoms with van der Waals surface area (Å²) >= 11 is 7.72. The van der Waals surface area contributed by atoms with E-state index in [4.69, 9.17) is 11.6 Å². The Morgan fingerprint density at radius 3 is 2.31 bits per heavy atom. The first-order chi connectivity index (χ1) is 20.4. The Labute approximate surface area is 256 Å². The quantitative estimate of drug-likeness (QED) is 0.224. The largest absolute Gasteiger partial charge is 0.368 e. The summed E-state index contributed by atoms with van der Waals surface area (Å²) in [7, 11) is 0. The fourth-order valence-electron chi connectivity index (χ4n) is 5.51. The average molecular weight is 594 g/mol. The molecule has 0 atom stereocenters. The monoisotopic (exact) mass is 593 g/mol. The van der Waals surface area contributed by atoms with Crippen LogP contribution >= 0.6 is 23.4 Å². The molecular weight excluding hydrogens is 562 g/mol. The van der Waals surface area contributed by atoms with Crippen molar-refractivity contribution in [1.29, 1.82) is 0 Å². The minimum Gasteiger partial charge on any atom is -0.368 e. The van der Waals surface area contributed by atoms with Gasteiger partial charge in [0.25, 0.3) is 11.8 Å². The molecule has 0 aliphatic carbocycles. The SMILES string of the molecule is Cc1ccccc1CN1C(=O)C(=Cc2ccc(C(=O)N3CCN(c4cc(Cl)ccc4C)CC3)cc2)Sc2ccccc21. The van der Waals surface area contributed by atoms with Crippen molar-refractivity contribution in [2.24, 2.45) is 0 Å². The second-order valence-electron chi connectivity index (χ2n) is 10.7. The summed E-state index contributed by atoms with van der Waals surface area (Å²) in [5, 5.41) is 0.723. The summed E-state index contributed by atoms with van der Waals surface area (Å²) < 4.78 is 0. The number of para-hydroxylation sites is 1. The molecule has 1 saturated heterocycles. The van der Waals surface area contributed by atoms with E-state index >= 15 is 0 Å². The number of rotatable bonds is 5. The van der Waals surface area contributed by atoms with Gasteiger partial charge in [-0.1, -0.05) is 78.0 Å². The Hall–Kier alpha value is -4.00. The van der Waals surface area contributed by atoms with Crippen LogP contribution in [0.3, 0.4) is 0 Å². The highest BCUT2D eigenvalue weighted by Crippen LogP contribution is 2.42. The highest BCUT2D eigenvalue weighted by Gasteiger charge is 2.29. The van der Waals surface area contributed by atoms with Gasteiger partial charge in [0.15, 0.2) is 0 Å². The van der Waals surface area contributed by atoms with E-state index in [1.165, 1.54) is 17.3 Å². The molecule has 0 spiro atoms. The predicted octanol–water partition coefficient (Wildman–Crippen LogP) is 7.60. The van der Waals surface area contributed by atoms with Crippen molar-refractivity contribution in [2.45, 2.75) is 25.3 Å². The maximum Gasteiger partial charge on any atom is 0.265 e. The molecule has 4 aromatic carbocycles. The Balaban J connectivity index is 1.16. The van der Waals surface area contributed by atoms with Gasteiger partial charge in [0.2, 0.25) is 0 Å². The van der Waals surface area contributed by atoms with Crippen LogP contribution in [-0.4, -0.2) is 42.9 Å². The van der Waals surface area contributed by atoms with Crippen LogP contribution in [0.1, 0.15) is 32.6 Å². The summed E-state index contributed by atoms with van der Waals surface area (Å²) in [6.45, 7) is 7.49. The lowest BCUT2D eigenvalue weighted by molar-refractivity contribution is -0.114. The lowest BCUT2D eigenvalue weighted by atomic mass is 10.1. The number of hydrogen-bond acceptors (Lipinski definition) is 4. The van der Waals surface area contributed by atoms with Crippen LogP contribution in [0, 0.1) is 13.8 Å². The number of amides is 2. The van der Waals surface area contributed by atoms with E-state index in [2.05, 4.69) is 36.9 Å². The molecule has 0 N–H and O–H groups in total. The molecule has 5 nitrogen and oxygen atoms in total. The van der Waals surface area contributed by atoms with E-state index in [9.17, 15) is 9.59 Å². The lowest BCUT2D eigenvalue weighted by Gasteiger charge is -2.37. The molecule has 212 valence electrons. The van der Waals surface area contributed by atoms with E-state index in [1.54, 1.807) is 0 Å². The van der Waals surface area contributed by atoms with E-state index in [0.717, 1.165) is 51.1 Å². The average Bonchev–Trinajstić information content (AvgIpc) is 3.01. The smallest absolute Gasteiger partial charge is 0.265 e. The maximum atomic E-state index is 13.7. The van der Waals surface area contributed by atoms with Crippen molar-refractivity contribution in [3.05, 3.63) is 129 Å². The van der Waals surface area contributed by atoms with E-state index in [-0.39, 0.29) is 11.8 Å². The molecule has 2 aliphatic rings. The van der Waals surface area contributed by atoms with E-state index in [0.29, 0.717) is 30.1 Å². The Morgan fingerprint density at radius 1 is 0.833 bits per heavy atom. The molecule has 6 rings (SSSR count). The molecule has 0 saturated carbocycles. The van der Waals surface area contributed by atoms with Crippen LogP contribution in [0.4, 0.5) is 11.4 Å². The lowest BCUT2D eigenvalue weighted by Crippen LogP contribution is -2.49. The van der Waals surface area contributed by atoms with Gasteiger partial charge >= 0.3 is 0 Å². The minimum atomic E-state index is -0.0186. The van der Waals surface area contributed by atoms with Gasteiger partial charge in [-0.15, -0.1) is 0 Å². The van der Waals surface area contributed by atoms with Gasteiger partial charge in [0.1, 0.15) is 0 Å². The van der Waals surface area contributed by atoms with Gasteiger partial charge in [-0.25, -0.2) is 0 Å². The molecule has 42 heavy (non-hydrogen) atoms. The third-order valence-electron chi connectivity index (χ3n) is 7.96. The first kappa shape index (κ1) is 28.1. The highest BCUT2D eigenvalue weighted by atomic mass is 35.5. The number of nitrogens with zero attached hydrogens (tertiary/aromatic N) is 3. The predicted molar refractivity (Wildman–Crippen MR) is 173 cm³/mol. The molecule has 0 unspecified atom stereocenters. The number of carbonyl (C=O) groups excluding carboxylic acids is 2. The van der Waals surface area contributed by atoms with Crippen molar-refractivity contribution in [2.75, 3.05) is 36.0 Å². The number of thioether (sulfide) groups is 1. The normalized spacial score (nSPS) is 16.1. The van der Waals surface area contributed by atoms with Crippen molar-refractivity contribution in [1.82, 2.24) is 4.90 Å². The fraction of sp³-hybridized carbons (Fsp3) is 0.200. The summed E-state index contributed by atoms with van der Waals surface area (Å²) in [5.74, 6) is 0.00744. The Kier molecular flexibility index (Phi) is 8.09. The zero-order valence-electron chi connectivity index (χ0n) is 23.7. The summed E-state index contributed by atoms with van der Waals surface area (Å²) in [6, 6.07) is 29.7. The molecular formula is C35H32ClN3O2S. The summed E-state index contributed by atoms with van der Waals surface area (Å²) in [4.78, 5) is 34.8. The third kappa shape index (κ3) is 5.83. The van der Waals surface area contributed by atoms with Crippen LogP contribution in [0.15, 0.2) is 101 Å². The number of carbonyl (C=O) groups is 2. The van der Waals surface area contributed by atoms with Gasteiger partial charge in [-0.3, -0.25) is 9.59 Å². The zero-order chi connectivity index (χ0) is 29.2. The topological polar surface area (TPSA) is 43.9 Å². The number of hydrogen-bond donors (Lipinski definition) is 0. The first-order valence-electron chi connectivity index (χ1n) is 14.1. The molecule has 0 aromatic heterocycles. The molecule has 7 heteroatoms. The molecule has 2 aliphatic heterocycles. The number of anilines is 2. The van der Waals surface area contributed by atoms with Crippen molar-refractivity contribution >= 4 is 52.6 Å². The number of aryl methyl sites for hydroxylation is 2. The molecule has 2 amide bonds. The molecule has 1 fully saturated rings. The second-order valence-corrected chi connectivity index (χ2v) is 12.2. The molecule has 4 aromatic rings. The second kappa shape index (κ2) is 12.1. The van der Waals surface area contributed by atoms with Gasteiger partial charge in [-0.2, -0.15) is 0 Å². The Morgan fingerprint density at radius 2 is 1.55 bits per heavy atom. The van der Waals surface area contributed by atoms with E-state index < -0.39 is 0 Å². The highest BCUT2D eigenvalue weighted by molar-refractivity contribution is 8.04.